The molecule has 0 spiro atoms. The molecule has 0 bridgehead atoms. The summed E-state index contributed by atoms with van der Waals surface area (Å²) in [5.74, 6) is 1.06. The van der Waals surface area contributed by atoms with E-state index in [0.29, 0.717) is 19.0 Å². The molecule has 0 saturated heterocycles. The number of benzene rings is 2. The number of carbonyl (C=O) groups excluding carboxylic acids is 1. The SMILES string of the molecule is CCC(C)c1ccccc1OCC(=O)NCc1cccc(Cn2cccn2)c1. The summed E-state index contributed by atoms with van der Waals surface area (Å²) in [4.78, 5) is 12.2. The average molecular weight is 377 g/mol. The van der Waals surface area contributed by atoms with Crippen LogP contribution in [0.4, 0.5) is 0 Å². The molecule has 5 nitrogen and oxygen atoms in total. The maximum atomic E-state index is 12.2. The third-order valence-electron chi connectivity index (χ3n) is 4.81. The fraction of sp³-hybridized carbons (Fsp3) is 0.304. The lowest BCUT2D eigenvalue weighted by molar-refractivity contribution is -0.123. The Morgan fingerprint density at radius 2 is 1.96 bits per heavy atom. The van der Waals surface area contributed by atoms with Crippen LogP contribution in [0.2, 0.25) is 0 Å². The van der Waals surface area contributed by atoms with Crippen molar-refractivity contribution in [2.24, 2.45) is 0 Å². The van der Waals surface area contributed by atoms with Crippen LogP contribution < -0.4 is 10.1 Å². The molecule has 1 atom stereocenters. The Morgan fingerprint density at radius 3 is 2.75 bits per heavy atom. The fourth-order valence-electron chi connectivity index (χ4n) is 3.05. The molecular weight excluding hydrogens is 350 g/mol. The molecule has 1 heterocycles. The highest BCUT2D eigenvalue weighted by molar-refractivity contribution is 5.77. The van der Waals surface area contributed by atoms with Gasteiger partial charge in [0.15, 0.2) is 6.61 Å². The van der Waals surface area contributed by atoms with Crippen LogP contribution in [-0.4, -0.2) is 22.3 Å². The van der Waals surface area contributed by atoms with Gasteiger partial charge in [-0.2, -0.15) is 5.10 Å². The van der Waals surface area contributed by atoms with Gasteiger partial charge in [-0.1, -0.05) is 56.3 Å². The van der Waals surface area contributed by atoms with E-state index in [-0.39, 0.29) is 12.5 Å². The monoisotopic (exact) mass is 377 g/mol. The van der Waals surface area contributed by atoms with E-state index >= 15 is 0 Å². The van der Waals surface area contributed by atoms with E-state index in [9.17, 15) is 4.79 Å². The van der Waals surface area contributed by atoms with E-state index in [4.69, 9.17) is 4.74 Å². The van der Waals surface area contributed by atoms with Crippen molar-refractivity contribution in [3.05, 3.63) is 83.7 Å². The zero-order valence-corrected chi connectivity index (χ0v) is 16.5. The van der Waals surface area contributed by atoms with Crippen LogP contribution >= 0.6 is 0 Å². The second kappa shape index (κ2) is 9.74. The standard InChI is InChI=1S/C23H27N3O2/c1-3-18(2)21-10-4-5-11-22(21)28-17-23(27)24-15-19-8-6-9-20(14-19)16-26-13-7-12-25-26/h4-14,18H,3,15-17H2,1-2H3,(H,24,27). The van der Waals surface area contributed by atoms with Crippen LogP contribution in [0.1, 0.15) is 42.9 Å². The van der Waals surface area contributed by atoms with Gasteiger partial charge in [-0.25, -0.2) is 0 Å². The molecule has 28 heavy (non-hydrogen) atoms. The minimum atomic E-state index is -0.128. The van der Waals surface area contributed by atoms with Gasteiger partial charge in [0.05, 0.1) is 6.54 Å². The lowest BCUT2D eigenvalue weighted by Gasteiger charge is -2.15. The van der Waals surface area contributed by atoms with Crippen molar-refractivity contribution in [2.45, 2.75) is 39.3 Å². The number of hydrogen-bond acceptors (Lipinski definition) is 3. The van der Waals surface area contributed by atoms with Crippen LogP contribution in [-0.2, 0) is 17.9 Å². The number of hydrogen-bond donors (Lipinski definition) is 1. The van der Waals surface area contributed by atoms with Gasteiger partial charge < -0.3 is 10.1 Å². The minimum absolute atomic E-state index is 0.0143. The van der Waals surface area contributed by atoms with E-state index in [0.717, 1.165) is 28.9 Å². The van der Waals surface area contributed by atoms with Gasteiger partial charge in [-0.15, -0.1) is 0 Å². The van der Waals surface area contributed by atoms with Gasteiger partial charge in [0.25, 0.3) is 5.91 Å². The van der Waals surface area contributed by atoms with E-state index in [1.54, 1.807) is 6.20 Å². The number of nitrogens with one attached hydrogen (secondary N) is 1. The van der Waals surface area contributed by atoms with Crippen LogP contribution in [0.3, 0.4) is 0 Å². The Labute approximate surface area is 166 Å². The molecule has 0 aliphatic carbocycles. The molecular formula is C23H27N3O2. The number of amides is 1. The molecule has 5 heteroatoms. The highest BCUT2D eigenvalue weighted by Gasteiger charge is 2.11. The van der Waals surface area contributed by atoms with Gasteiger partial charge in [0.2, 0.25) is 0 Å². The van der Waals surface area contributed by atoms with Crippen LogP contribution in [0, 0.1) is 0 Å². The summed E-state index contributed by atoms with van der Waals surface area (Å²) in [5, 5.41) is 7.16. The molecule has 0 aliphatic heterocycles. The van der Waals surface area contributed by atoms with Gasteiger partial charge >= 0.3 is 0 Å². The van der Waals surface area contributed by atoms with Crippen LogP contribution in [0.15, 0.2) is 67.0 Å². The molecule has 0 aliphatic rings. The summed E-state index contributed by atoms with van der Waals surface area (Å²) in [7, 11) is 0. The van der Waals surface area contributed by atoms with E-state index in [1.807, 2.05) is 47.3 Å². The predicted octanol–water partition coefficient (Wildman–Crippen LogP) is 4.14. The second-order valence-corrected chi connectivity index (χ2v) is 6.94. The largest absolute Gasteiger partial charge is 0.483 e. The Kier molecular flexibility index (Phi) is 6.84. The molecule has 146 valence electrons. The maximum absolute atomic E-state index is 12.2. The van der Waals surface area contributed by atoms with Crippen LogP contribution in [0.5, 0.6) is 5.75 Å². The van der Waals surface area contributed by atoms with E-state index < -0.39 is 0 Å². The molecule has 3 rings (SSSR count). The van der Waals surface area contributed by atoms with E-state index in [1.165, 1.54) is 0 Å². The predicted molar refractivity (Wildman–Crippen MR) is 110 cm³/mol. The third-order valence-corrected chi connectivity index (χ3v) is 4.81. The lowest BCUT2D eigenvalue weighted by atomic mass is 9.98. The highest BCUT2D eigenvalue weighted by Crippen LogP contribution is 2.28. The normalized spacial score (nSPS) is 11.8. The molecule has 0 fully saturated rings. The first-order valence-corrected chi connectivity index (χ1v) is 9.69. The summed E-state index contributed by atoms with van der Waals surface area (Å²) in [6.07, 6.45) is 4.73. The van der Waals surface area contributed by atoms with Crippen molar-refractivity contribution in [1.82, 2.24) is 15.1 Å². The molecule has 1 aromatic heterocycles. The molecule has 0 radical (unpaired) electrons. The van der Waals surface area contributed by atoms with Crippen molar-refractivity contribution in [2.75, 3.05) is 6.61 Å². The molecule has 1 N–H and O–H groups in total. The smallest absolute Gasteiger partial charge is 0.258 e. The Bertz CT molecular complexity index is 890. The first-order valence-electron chi connectivity index (χ1n) is 9.69. The minimum Gasteiger partial charge on any atom is -0.483 e. The summed E-state index contributed by atoms with van der Waals surface area (Å²) < 4.78 is 7.66. The Morgan fingerprint density at radius 1 is 1.14 bits per heavy atom. The van der Waals surface area contributed by atoms with Crippen molar-refractivity contribution in [3.8, 4) is 5.75 Å². The third kappa shape index (κ3) is 5.46. The number of carbonyl (C=O) groups is 1. The van der Waals surface area contributed by atoms with Crippen molar-refractivity contribution >= 4 is 5.91 Å². The van der Waals surface area contributed by atoms with Gasteiger partial charge in [0.1, 0.15) is 5.75 Å². The fourth-order valence-corrected chi connectivity index (χ4v) is 3.05. The molecule has 0 saturated carbocycles. The van der Waals surface area contributed by atoms with Gasteiger partial charge in [0, 0.05) is 18.9 Å². The van der Waals surface area contributed by atoms with Crippen molar-refractivity contribution < 1.29 is 9.53 Å². The Hall–Kier alpha value is -3.08. The first kappa shape index (κ1) is 19.7. The highest BCUT2D eigenvalue weighted by atomic mass is 16.5. The summed E-state index contributed by atoms with van der Waals surface area (Å²) >= 11 is 0. The summed E-state index contributed by atoms with van der Waals surface area (Å²) in [6.45, 7) is 5.51. The number of aromatic nitrogens is 2. The van der Waals surface area contributed by atoms with E-state index in [2.05, 4.69) is 42.5 Å². The summed E-state index contributed by atoms with van der Waals surface area (Å²) in [6, 6.07) is 18.0. The number of rotatable bonds is 9. The maximum Gasteiger partial charge on any atom is 0.258 e. The van der Waals surface area contributed by atoms with Crippen molar-refractivity contribution in [1.29, 1.82) is 0 Å². The van der Waals surface area contributed by atoms with Crippen LogP contribution in [0.25, 0.3) is 0 Å². The quantitative estimate of drug-likeness (QED) is 0.610. The Balaban J connectivity index is 1.51. The topological polar surface area (TPSA) is 56.1 Å². The second-order valence-electron chi connectivity index (χ2n) is 6.94. The molecule has 1 unspecified atom stereocenters. The number of ether oxygens (including phenoxy) is 1. The number of nitrogens with zero attached hydrogens (tertiary/aromatic N) is 2. The number of para-hydroxylation sites is 1. The molecule has 2 aromatic carbocycles. The molecule has 3 aromatic rings. The molecule has 1 amide bonds. The van der Waals surface area contributed by atoms with Gasteiger partial charge in [-0.3, -0.25) is 9.48 Å². The van der Waals surface area contributed by atoms with Crippen molar-refractivity contribution in [3.63, 3.8) is 0 Å². The van der Waals surface area contributed by atoms with Gasteiger partial charge in [-0.05, 0) is 41.2 Å². The zero-order chi connectivity index (χ0) is 19.8. The first-order chi connectivity index (χ1) is 13.7. The lowest BCUT2D eigenvalue weighted by Crippen LogP contribution is -2.28. The zero-order valence-electron chi connectivity index (χ0n) is 16.5. The summed E-state index contributed by atoms with van der Waals surface area (Å²) in [5.41, 5.74) is 3.34. The average Bonchev–Trinajstić information content (AvgIpc) is 3.23.